The summed E-state index contributed by atoms with van der Waals surface area (Å²) in [7, 11) is 0. The third-order valence-corrected chi connectivity index (χ3v) is 4.81. The van der Waals surface area contributed by atoms with Gasteiger partial charge in [0.1, 0.15) is 17.8 Å². The number of aromatic nitrogens is 2. The van der Waals surface area contributed by atoms with Gasteiger partial charge in [-0.2, -0.15) is 0 Å². The molecule has 0 fully saturated rings. The van der Waals surface area contributed by atoms with Crippen LogP contribution in [0, 0.1) is 6.92 Å². The summed E-state index contributed by atoms with van der Waals surface area (Å²) < 4.78 is 5.38. The van der Waals surface area contributed by atoms with Crippen LogP contribution in [0.25, 0.3) is 22.4 Å². The molecule has 124 valence electrons. The first kappa shape index (κ1) is 15.0. The van der Waals surface area contributed by atoms with Gasteiger partial charge in [0, 0.05) is 6.04 Å². The van der Waals surface area contributed by atoms with Crippen molar-refractivity contribution >= 4 is 22.6 Å². The fraction of sp³-hybridized carbons (Fsp3) is 0.368. The lowest BCUT2D eigenvalue weighted by Gasteiger charge is -2.24. The Morgan fingerprint density at radius 2 is 2.00 bits per heavy atom. The topological polar surface area (TPSA) is 62.1 Å². The van der Waals surface area contributed by atoms with E-state index < -0.39 is 5.41 Å². The molecule has 0 saturated carbocycles. The van der Waals surface area contributed by atoms with Gasteiger partial charge in [0.2, 0.25) is 5.91 Å². The maximum atomic E-state index is 12.8. The number of fused-ring (bicyclic) bond motifs is 2. The smallest absolute Gasteiger partial charge is 0.237 e. The second kappa shape index (κ2) is 4.72. The summed E-state index contributed by atoms with van der Waals surface area (Å²) >= 11 is 0. The Labute approximate surface area is 140 Å². The van der Waals surface area contributed by atoms with Gasteiger partial charge in [0.05, 0.1) is 27.7 Å². The molecule has 3 heterocycles. The first-order valence-corrected chi connectivity index (χ1v) is 8.22. The lowest BCUT2D eigenvalue weighted by atomic mass is 9.86. The number of benzene rings is 1. The molecule has 0 aliphatic carbocycles. The summed E-state index contributed by atoms with van der Waals surface area (Å²) in [4.78, 5) is 22.7. The lowest BCUT2D eigenvalue weighted by molar-refractivity contribution is -0.122. The molecule has 1 N–H and O–H groups in total. The van der Waals surface area contributed by atoms with Gasteiger partial charge in [-0.1, -0.05) is 0 Å². The van der Waals surface area contributed by atoms with Crippen molar-refractivity contribution in [3.63, 3.8) is 0 Å². The molecule has 0 unspecified atom stereocenters. The minimum Gasteiger partial charge on any atom is -0.469 e. The van der Waals surface area contributed by atoms with Crippen LogP contribution in [0.1, 0.15) is 39.0 Å². The number of nitrogens with one attached hydrogen (secondary N) is 1. The zero-order chi connectivity index (χ0) is 17.2. The summed E-state index contributed by atoms with van der Waals surface area (Å²) in [5.74, 6) is 1.78. The molecule has 5 nitrogen and oxygen atoms in total. The van der Waals surface area contributed by atoms with Crippen molar-refractivity contribution in [2.24, 2.45) is 0 Å². The fourth-order valence-electron chi connectivity index (χ4n) is 3.49. The Bertz CT molecular complexity index is 962. The molecule has 2 aromatic heterocycles. The number of hydrogen-bond donors (Lipinski definition) is 1. The summed E-state index contributed by atoms with van der Waals surface area (Å²) in [5, 5.41) is 0. The molecular weight excluding hydrogens is 302 g/mol. The van der Waals surface area contributed by atoms with E-state index in [1.54, 1.807) is 6.26 Å². The predicted octanol–water partition coefficient (Wildman–Crippen LogP) is 4.16. The fourth-order valence-corrected chi connectivity index (χ4v) is 3.49. The van der Waals surface area contributed by atoms with E-state index in [0.29, 0.717) is 0 Å². The van der Waals surface area contributed by atoms with Crippen LogP contribution in [0.4, 0.5) is 5.69 Å². The van der Waals surface area contributed by atoms with Crippen LogP contribution in [-0.4, -0.2) is 21.9 Å². The number of amides is 1. The number of aromatic amines is 1. The highest BCUT2D eigenvalue weighted by Gasteiger charge is 2.45. The molecule has 0 bridgehead atoms. The van der Waals surface area contributed by atoms with E-state index in [1.165, 1.54) is 0 Å². The average Bonchev–Trinajstić information content (AvgIpc) is 3.15. The Morgan fingerprint density at radius 1 is 1.25 bits per heavy atom. The summed E-state index contributed by atoms with van der Waals surface area (Å²) in [6.07, 6.45) is 1.70. The van der Waals surface area contributed by atoms with Crippen molar-refractivity contribution in [3.05, 3.63) is 35.8 Å². The van der Waals surface area contributed by atoms with Gasteiger partial charge in [-0.15, -0.1) is 0 Å². The molecule has 3 aromatic rings. The highest BCUT2D eigenvalue weighted by atomic mass is 16.3. The summed E-state index contributed by atoms with van der Waals surface area (Å²) in [5.41, 5.74) is 4.22. The van der Waals surface area contributed by atoms with Gasteiger partial charge >= 0.3 is 0 Å². The monoisotopic (exact) mass is 323 g/mol. The van der Waals surface area contributed by atoms with Crippen LogP contribution in [0.2, 0.25) is 0 Å². The van der Waals surface area contributed by atoms with Crippen molar-refractivity contribution in [2.75, 3.05) is 4.90 Å². The van der Waals surface area contributed by atoms with E-state index in [2.05, 4.69) is 16.0 Å². The summed E-state index contributed by atoms with van der Waals surface area (Å²) in [6, 6.07) is 6.16. The van der Waals surface area contributed by atoms with Crippen LogP contribution < -0.4 is 4.90 Å². The molecule has 5 heteroatoms. The molecular formula is C19H21N3O2. The number of furan rings is 1. The first-order chi connectivity index (χ1) is 11.3. The summed E-state index contributed by atoms with van der Waals surface area (Å²) in [6.45, 7) is 9.96. The molecule has 1 aliphatic heterocycles. The second-order valence-corrected chi connectivity index (χ2v) is 7.31. The quantitative estimate of drug-likeness (QED) is 0.770. The number of rotatable bonds is 2. The Kier molecular flexibility index (Phi) is 2.95. The molecule has 0 radical (unpaired) electrons. The normalized spacial score (nSPS) is 16.4. The number of carbonyl (C=O) groups is 1. The molecule has 1 aliphatic rings. The van der Waals surface area contributed by atoms with E-state index in [9.17, 15) is 4.79 Å². The van der Waals surface area contributed by atoms with Crippen LogP contribution in [0.3, 0.4) is 0 Å². The number of H-pyrrole nitrogens is 1. The van der Waals surface area contributed by atoms with Gasteiger partial charge in [-0.25, -0.2) is 4.98 Å². The van der Waals surface area contributed by atoms with Crippen LogP contribution in [0.15, 0.2) is 28.9 Å². The van der Waals surface area contributed by atoms with E-state index in [4.69, 9.17) is 4.42 Å². The third kappa shape index (κ3) is 1.94. The van der Waals surface area contributed by atoms with E-state index in [-0.39, 0.29) is 11.9 Å². The Morgan fingerprint density at radius 3 is 2.62 bits per heavy atom. The number of carbonyl (C=O) groups excluding carboxylic acids is 1. The number of hydrogen-bond acceptors (Lipinski definition) is 3. The Hall–Kier alpha value is -2.56. The first-order valence-electron chi connectivity index (χ1n) is 8.22. The second-order valence-electron chi connectivity index (χ2n) is 7.31. The highest BCUT2D eigenvalue weighted by molar-refractivity contribution is 6.09. The minimum absolute atomic E-state index is 0.116. The number of nitrogens with zero attached hydrogens (tertiary/aromatic N) is 2. The molecule has 1 amide bonds. The van der Waals surface area contributed by atoms with Gasteiger partial charge < -0.3 is 14.3 Å². The zero-order valence-electron chi connectivity index (χ0n) is 14.6. The van der Waals surface area contributed by atoms with Crippen LogP contribution in [-0.2, 0) is 10.2 Å². The molecule has 0 spiro atoms. The van der Waals surface area contributed by atoms with E-state index >= 15 is 0 Å². The number of aryl methyl sites for hydroxylation is 1. The minimum atomic E-state index is -0.523. The molecule has 0 saturated heterocycles. The van der Waals surface area contributed by atoms with Crippen molar-refractivity contribution in [3.8, 4) is 11.4 Å². The molecule has 1 aromatic carbocycles. The maximum Gasteiger partial charge on any atom is 0.237 e. The SMILES string of the molecule is Cc1cc(-c2nc3cc4c(cc3[nH]2)C(C)(C)C(=O)N4C(C)C)co1. The molecule has 4 rings (SSSR count). The van der Waals surface area contributed by atoms with Gasteiger partial charge in [0.25, 0.3) is 0 Å². The zero-order valence-corrected chi connectivity index (χ0v) is 14.6. The highest BCUT2D eigenvalue weighted by Crippen LogP contribution is 2.44. The standard InChI is InChI=1S/C19H21N3O2/c1-10(2)22-16-8-15-14(7-13(16)19(4,5)18(22)23)20-17(21-15)12-6-11(3)24-9-12/h6-10H,1-5H3,(H,20,21). The van der Waals surface area contributed by atoms with Gasteiger partial charge in [-0.3, -0.25) is 4.79 Å². The van der Waals surface area contributed by atoms with E-state index in [1.807, 2.05) is 51.7 Å². The predicted molar refractivity (Wildman–Crippen MR) is 94.2 cm³/mol. The third-order valence-electron chi connectivity index (χ3n) is 4.81. The van der Waals surface area contributed by atoms with Crippen LogP contribution >= 0.6 is 0 Å². The molecule has 24 heavy (non-hydrogen) atoms. The average molecular weight is 323 g/mol. The van der Waals surface area contributed by atoms with Gasteiger partial charge in [0.15, 0.2) is 0 Å². The maximum absolute atomic E-state index is 12.8. The van der Waals surface area contributed by atoms with Crippen molar-refractivity contribution < 1.29 is 9.21 Å². The van der Waals surface area contributed by atoms with Gasteiger partial charge in [-0.05, 0) is 58.4 Å². The van der Waals surface area contributed by atoms with Crippen molar-refractivity contribution in [1.82, 2.24) is 9.97 Å². The molecule has 0 atom stereocenters. The Balaban J connectivity index is 1.92. The van der Waals surface area contributed by atoms with Crippen molar-refractivity contribution in [2.45, 2.75) is 46.1 Å². The number of imidazole rings is 1. The number of anilines is 1. The lowest BCUT2D eigenvalue weighted by Crippen LogP contribution is -2.40. The largest absolute Gasteiger partial charge is 0.469 e. The van der Waals surface area contributed by atoms with E-state index in [0.717, 1.165) is 39.4 Å². The van der Waals surface area contributed by atoms with Crippen molar-refractivity contribution in [1.29, 1.82) is 0 Å². The van der Waals surface area contributed by atoms with Crippen LogP contribution in [0.5, 0.6) is 0 Å².